The fraction of sp³-hybridized carbons (Fsp3) is 0.667. The quantitative estimate of drug-likeness (QED) is 0.404. The summed E-state index contributed by atoms with van der Waals surface area (Å²) < 4.78 is 0.287. The smallest absolute Gasteiger partial charge is 0.224 e. The predicted octanol–water partition coefficient (Wildman–Crippen LogP) is 3.59. The Labute approximate surface area is 80.0 Å². The van der Waals surface area contributed by atoms with E-state index < -0.39 is 5.48 Å². The number of hydrogen-bond donors (Lipinski definition) is 0. The molecule has 9 heavy (non-hydrogen) atoms. The lowest BCUT2D eigenvalue weighted by Gasteiger charge is -2.23. The molecule has 0 N–H and O–H groups in total. The number of rotatable bonds is 1. The van der Waals surface area contributed by atoms with Crippen molar-refractivity contribution in [2.75, 3.05) is 14.1 Å². The molecule has 0 radical (unpaired) electrons. The Hall–Kier alpha value is 1.50. The average molecular weight is 343 g/mol. The summed E-state index contributed by atoms with van der Waals surface area (Å²) in [6.07, 6.45) is 0. The molecule has 0 unspecified atom stereocenters. The average Bonchev–Trinajstić information content (AvgIpc) is 1.65. The lowest BCUT2D eigenvalue weighted by molar-refractivity contribution is -0.658. The van der Waals surface area contributed by atoms with E-state index in [0.717, 1.165) is 0 Å². The van der Waals surface area contributed by atoms with Gasteiger partial charge in [0.15, 0.2) is 0 Å². The minimum absolute atomic E-state index is 0.0395. The molecule has 2 nitrogen and oxygen atoms in total. The minimum Gasteiger partial charge on any atom is -0.224 e. The molecular formula is C3H6Br3NOP+. The highest BCUT2D eigenvalue weighted by Gasteiger charge is 2.31. The molecule has 0 aliphatic carbocycles. The van der Waals surface area contributed by atoms with Crippen LogP contribution in [0.4, 0.5) is 4.79 Å². The van der Waals surface area contributed by atoms with Crippen molar-refractivity contribution in [3.05, 3.63) is 0 Å². The van der Waals surface area contributed by atoms with Crippen LogP contribution in [-0.4, -0.2) is 23.2 Å². The van der Waals surface area contributed by atoms with Crippen molar-refractivity contribution in [3.8, 4) is 0 Å². The van der Waals surface area contributed by atoms with Gasteiger partial charge in [-0.2, -0.15) is 0 Å². The number of carbonyl (C=O) groups excluding carboxylic acids is 1. The number of halogens is 3. The van der Waals surface area contributed by atoms with E-state index in [-0.39, 0.29) is 9.07 Å². The second kappa shape index (κ2) is 3.77. The highest BCUT2D eigenvalue weighted by molar-refractivity contribution is 9.68. The summed E-state index contributed by atoms with van der Waals surface area (Å²) in [5, 5.41) is 0. The first-order valence-corrected chi connectivity index (χ1v) is 8.17. The maximum atomic E-state index is 10.8. The number of carbonyl (C=O) groups is 1. The summed E-state index contributed by atoms with van der Waals surface area (Å²) in [7, 11) is 3.62. The fourth-order valence-corrected chi connectivity index (χ4v) is 2.80. The Morgan fingerprint density at radius 2 is 1.78 bits per heavy atom. The largest absolute Gasteiger partial charge is 0.383 e. The molecule has 0 bridgehead atoms. The van der Waals surface area contributed by atoms with Crippen LogP contribution in [0.2, 0.25) is 0 Å². The van der Waals surface area contributed by atoms with Crippen molar-refractivity contribution in [1.29, 1.82) is 0 Å². The zero-order chi connectivity index (χ0) is 7.65. The van der Waals surface area contributed by atoms with Gasteiger partial charge in [0, 0.05) is 31.0 Å². The molecule has 0 heterocycles. The first kappa shape index (κ1) is 10.5. The van der Waals surface area contributed by atoms with E-state index in [4.69, 9.17) is 0 Å². The molecule has 1 amide bonds. The topological polar surface area (TPSA) is 17.1 Å². The van der Waals surface area contributed by atoms with Gasteiger partial charge in [-0.15, -0.1) is 0 Å². The van der Waals surface area contributed by atoms with Crippen molar-refractivity contribution in [1.82, 2.24) is 0 Å². The van der Waals surface area contributed by atoms with Gasteiger partial charge in [0.25, 0.3) is 5.48 Å². The summed E-state index contributed by atoms with van der Waals surface area (Å²) in [5.74, 6) is 0. The third-order valence-electron chi connectivity index (χ3n) is 0.808. The molecule has 6 heteroatoms. The highest BCUT2D eigenvalue weighted by Crippen LogP contribution is 2.59. The van der Waals surface area contributed by atoms with Crippen LogP contribution in [0.3, 0.4) is 0 Å². The second-order valence-electron chi connectivity index (χ2n) is 1.86. The van der Waals surface area contributed by atoms with Gasteiger partial charge >= 0.3 is 4.82 Å². The molecule has 0 spiro atoms. The number of hydrogen-bond acceptors (Lipinski definition) is 1. The Morgan fingerprint density at radius 1 is 1.44 bits per heavy atom. The van der Waals surface area contributed by atoms with Crippen LogP contribution in [0.15, 0.2) is 0 Å². The van der Waals surface area contributed by atoms with E-state index in [1.165, 1.54) is 0 Å². The molecule has 0 atom stereocenters. The van der Waals surface area contributed by atoms with Gasteiger partial charge in [0.2, 0.25) is 0 Å². The Bertz CT molecular complexity index is 126. The Balaban J connectivity index is 4.19. The molecule has 0 rings (SSSR count). The first-order valence-electron chi connectivity index (χ1n) is 2.05. The van der Waals surface area contributed by atoms with E-state index in [1.807, 2.05) is 14.1 Å². The number of amides is 1. The SMILES string of the molecule is C[N+](C)(C(=O)Br)P(Br)Br. The Kier molecular flexibility index (Phi) is 4.39. The van der Waals surface area contributed by atoms with Gasteiger partial charge in [-0.1, -0.05) is 0 Å². The van der Waals surface area contributed by atoms with Crippen molar-refractivity contribution in [3.63, 3.8) is 0 Å². The van der Waals surface area contributed by atoms with Crippen LogP contribution in [0.25, 0.3) is 0 Å². The van der Waals surface area contributed by atoms with Crippen LogP contribution < -0.4 is 0 Å². The molecule has 0 aromatic heterocycles. The lowest BCUT2D eigenvalue weighted by Crippen LogP contribution is -2.32. The molecule has 0 aromatic rings. The van der Waals surface area contributed by atoms with Gasteiger partial charge in [0.05, 0.1) is 30.0 Å². The normalized spacial score (nSPS) is 12.2. The summed E-state index contributed by atoms with van der Waals surface area (Å²) in [6, 6.07) is 0. The van der Waals surface area contributed by atoms with Crippen LogP contribution in [0, 0.1) is 0 Å². The third kappa shape index (κ3) is 2.93. The van der Waals surface area contributed by atoms with Gasteiger partial charge < -0.3 is 0 Å². The van der Waals surface area contributed by atoms with E-state index in [2.05, 4.69) is 46.9 Å². The van der Waals surface area contributed by atoms with Gasteiger partial charge in [-0.05, 0) is 0 Å². The zero-order valence-electron chi connectivity index (χ0n) is 4.94. The molecule has 54 valence electrons. The molecule has 0 aliphatic rings. The molecule has 0 saturated heterocycles. The van der Waals surface area contributed by atoms with E-state index in [9.17, 15) is 4.79 Å². The highest BCUT2D eigenvalue weighted by atomic mass is 79.9. The van der Waals surface area contributed by atoms with Crippen molar-refractivity contribution < 1.29 is 9.05 Å². The minimum atomic E-state index is -0.617. The maximum Gasteiger partial charge on any atom is 0.383 e. The monoisotopic (exact) mass is 340 g/mol. The summed E-state index contributed by atoms with van der Waals surface area (Å²) >= 11 is 9.48. The number of quaternary nitrogens is 1. The van der Waals surface area contributed by atoms with Crippen LogP contribution in [0.5, 0.6) is 0 Å². The fourth-order valence-electron chi connectivity index (χ4n) is 0.0594. The van der Waals surface area contributed by atoms with Gasteiger partial charge in [-0.3, -0.25) is 0 Å². The molecule has 0 saturated carbocycles. The molecule has 0 aliphatic heterocycles. The summed E-state index contributed by atoms with van der Waals surface area (Å²) in [4.78, 5) is 10.7. The van der Waals surface area contributed by atoms with Crippen molar-refractivity contribution in [2.24, 2.45) is 0 Å². The summed E-state index contributed by atoms with van der Waals surface area (Å²) in [6.45, 7) is 0. The van der Waals surface area contributed by atoms with Crippen molar-refractivity contribution in [2.45, 2.75) is 0 Å². The van der Waals surface area contributed by atoms with Gasteiger partial charge in [0.1, 0.15) is 0 Å². The first-order chi connectivity index (χ1) is 3.89. The predicted molar refractivity (Wildman–Crippen MR) is 51.2 cm³/mol. The number of nitrogens with zero attached hydrogens (tertiary/aromatic N) is 1. The van der Waals surface area contributed by atoms with E-state index >= 15 is 0 Å². The molecule has 0 fully saturated rings. The lowest BCUT2D eigenvalue weighted by atomic mass is 11.0. The van der Waals surface area contributed by atoms with E-state index in [1.54, 1.807) is 0 Å². The summed E-state index contributed by atoms with van der Waals surface area (Å²) in [5.41, 5.74) is -0.617. The molecular weight excluding hydrogens is 337 g/mol. The second-order valence-corrected chi connectivity index (χ2v) is 10.9. The third-order valence-corrected chi connectivity index (χ3v) is 7.66. The van der Waals surface area contributed by atoms with Crippen molar-refractivity contribution >= 4 is 57.2 Å². The standard InChI is InChI=1S/C3H6Br3NOP/c1-7(2,3(4)8)9(5)6/h1-2H3/q+1. The van der Waals surface area contributed by atoms with E-state index in [0.29, 0.717) is 0 Å². The van der Waals surface area contributed by atoms with Crippen LogP contribution in [0.1, 0.15) is 0 Å². The zero-order valence-corrected chi connectivity index (χ0v) is 10.6. The molecule has 0 aromatic carbocycles. The maximum absolute atomic E-state index is 10.8. The van der Waals surface area contributed by atoms with Crippen LogP contribution in [-0.2, 0) is 0 Å². The Morgan fingerprint density at radius 3 is 1.78 bits per heavy atom. The van der Waals surface area contributed by atoms with Gasteiger partial charge in [-0.25, -0.2) is 9.05 Å². The van der Waals surface area contributed by atoms with Crippen LogP contribution >= 0.6 is 52.4 Å².